The van der Waals surface area contributed by atoms with Crippen molar-refractivity contribution in [3.8, 4) is 0 Å². The lowest BCUT2D eigenvalue weighted by Crippen LogP contribution is -2.02. The van der Waals surface area contributed by atoms with Gasteiger partial charge in [0.1, 0.15) is 6.61 Å². The summed E-state index contributed by atoms with van der Waals surface area (Å²) < 4.78 is 4.86. The van der Waals surface area contributed by atoms with Crippen LogP contribution in [0.4, 0.5) is 0 Å². The fourth-order valence-corrected chi connectivity index (χ4v) is 0.652. The van der Waals surface area contributed by atoms with Gasteiger partial charge >= 0.3 is 5.97 Å². The first kappa shape index (κ1) is 14.7. The van der Waals surface area contributed by atoms with Crippen LogP contribution in [0.1, 0.15) is 47.0 Å². The summed E-state index contributed by atoms with van der Waals surface area (Å²) >= 11 is 0. The summed E-state index contributed by atoms with van der Waals surface area (Å²) in [5, 5.41) is 0. The summed E-state index contributed by atoms with van der Waals surface area (Å²) in [7, 11) is 0. The van der Waals surface area contributed by atoms with Crippen LogP contribution in [0.5, 0.6) is 0 Å². The number of ether oxygens (including phenoxy) is 1. The Labute approximate surface area is 82.0 Å². The van der Waals surface area contributed by atoms with Crippen molar-refractivity contribution >= 4 is 5.97 Å². The molecule has 0 aliphatic heterocycles. The van der Waals surface area contributed by atoms with Gasteiger partial charge in [0.15, 0.2) is 0 Å². The van der Waals surface area contributed by atoms with Crippen LogP contribution in [0.15, 0.2) is 12.2 Å². The Morgan fingerprint density at radius 2 is 1.85 bits per heavy atom. The normalized spacial score (nSPS) is 9.23. The van der Waals surface area contributed by atoms with Crippen molar-refractivity contribution in [3.63, 3.8) is 0 Å². The Morgan fingerprint density at radius 3 is 2.31 bits per heavy atom. The highest BCUT2D eigenvalue weighted by Gasteiger charge is 1.96. The molecule has 0 aliphatic rings. The topological polar surface area (TPSA) is 26.3 Å². The number of carbonyl (C=O) groups excluding carboxylic acids is 1. The van der Waals surface area contributed by atoms with Gasteiger partial charge in [-0.25, -0.2) is 0 Å². The van der Waals surface area contributed by atoms with Crippen LogP contribution in [0, 0.1) is 0 Å². The molecule has 0 saturated carbocycles. The molecule has 0 N–H and O–H groups in total. The molecule has 0 rings (SSSR count). The SMILES string of the molecule is CC.CC/C=C\COC(=O)CCC. The van der Waals surface area contributed by atoms with Crippen molar-refractivity contribution in [1.82, 2.24) is 0 Å². The van der Waals surface area contributed by atoms with Gasteiger partial charge in [-0.1, -0.05) is 39.8 Å². The lowest BCUT2D eigenvalue weighted by Gasteiger charge is -1.98. The van der Waals surface area contributed by atoms with Gasteiger partial charge in [-0.05, 0) is 12.8 Å². The van der Waals surface area contributed by atoms with E-state index in [1.807, 2.05) is 39.8 Å². The minimum Gasteiger partial charge on any atom is -0.461 e. The maximum Gasteiger partial charge on any atom is 0.306 e. The zero-order valence-corrected chi connectivity index (χ0v) is 9.30. The van der Waals surface area contributed by atoms with Crippen molar-refractivity contribution in [1.29, 1.82) is 0 Å². The van der Waals surface area contributed by atoms with Crippen molar-refractivity contribution in [3.05, 3.63) is 12.2 Å². The molecule has 78 valence electrons. The first-order valence-electron chi connectivity index (χ1n) is 5.11. The predicted octanol–water partition coefficient (Wildman–Crippen LogP) is 3.32. The summed E-state index contributed by atoms with van der Waals surface area (Å²) in [6.45, 7) is 8.43. The molecule has 2 nitrogen and oxygen atoms in total. The second-order valence-corrected chi connectivity index (χ2v) is 2.31. The lowest BCUT2D eigenvalue weighted by atomic mass is 10.3. The molecule has 0 saturated heterocycles. The molecule has 13 heavy (non-hydrogen) atoms. The maximum absolute atomic E-state index is 10.8. The van der Waals surface area contributed by atoms with E-state index >= 15 is 0 Å². The van der Waals surface area contributed by atoms with E-state index in [2.05, 4.69) is 0 Å². The minimum atomic E-state index is -0.103. The van der Waals surface area contributed by atoms with Gasteiger partial charge in [0.05, 0.1) is 0 Å². The van der Waals surface area contributed by atoms with E-state index in [1.54, 1.807) is 0 Å². The molecule has 0 atom stereocenters. The van der Waals surface area contributed by atoms with Gasteiger partial charge < -0.3 is 4.74 Å². The van der Waals surface area contributed by atoms with Crippen molar-refractivity contribution in [2.45, 2.75) is 47.0 Å². The van der Waals surface area contributed by atoms with Crippen LogP contribution in [-0.2, 0) is 9.53 Å². The molecule has 0 aromatic rings. The van der Waals surface area contributed by atoms with Gasteiger partial charge in [-0.2, -0.15) is 0 Å². The van der Waals surface area contributed by atoms with Crippen molar-refractivity contribution < 1.29 is 9.53 Å². The Hall–Kier alpha value is -0.790. The molecule has 2 heteroatoms. The third-order valence-corrected chi connectivity index (χ3v) is 1.20. The quantitative estimate of drug-likeness (QED) is 0.486. The number of allylic oxidation sites excluding steroid dienone is 1. The number of hydrogen-bond donors (Lipinski definition) is 0. The lowest BCUT2D eigenvalue weighted by molar-refractivity contribution is -0.142. The molecule has 0 fully saturated rings. The number of rotatable bonds is 5. The molecule has 0 heterocycles. The van der Waals surface area contributed by atoms with Gasteiger partial charge in [0.25, 0.3) is 0 Å². The average Bonchev–Trinajstić information content (AvgIpc) is 2.16. The molecule has 0 unspecified atom stereocenters. The largest absolute Gasteiger partial charge is 0.461 e. The standard InChI is InChI=1S/C9H16O2.C2H6/c1-3-5-6-8-11-9(10)7-4-2;1-2/h5-6H,3-4,7-8H2,1-2H3;1-2H3/b6-5-;. The fraction of sp³-hybridized carbons (Fsp3) is 0.727. The van der Waals surface area contributed by atoms with E-state index in [4.69, 9.17) is 4.74 Å². The number of esters is 1. The summed E-state index contributed by atoms with van der Waals surface area (Å²) in [5.41, 5.74) is 0. The third kappa shape index (κ3) is 14.1. The van der Waals surface area contributed by atoms with E-state index in [0.717, 1.165) is 12.8 Å². The molecule has 0 radical (unpaired) electrons. The zero-order valence-electron chi connectivity index (χ0n) is 9.30. The number of carbonyl (C=O) groups is 1. The average molecular weight is 186 g/mol. The Kier molecular flexibility index (Phi) is 15.6. The summed E-state index contributed by atoms with van der Waals surface area (Å²) in [4.78, 5) is 10.8. The highest BCUT2D eigenvalue weighted by molar-refractivity contribution is 5.69. The van der Waals surface area contributed by atoms with Crippen LogP contribution in [0.2, 0.25) is 0 Å². The Bertz CT molecular complexity index is 128. The third-order valence-electron chi connectivity index (χ3n) is 1.20. The highest BCUT2D eigenvalue weighted by Crippen LogP contribution is 1.91. The summed E-state index contributed by atoms with van der Waals surface area (Å²) in [5.74, 6) is -0.103. The summed E-state index contributed by atoms with van der Waals surface area (Å²) in [6, 6.07) is 0. The smallest absolute Gasteiger partial charge is 0.306 e. The second-order valence-electron chi connectivity index (χ2n) is 2.31. The molecular weight excluding hydrogens is 164 g/mol. The number of hydrogen-bond acceptors (Lipinski definition) is 2. The molecule has 0 aliphatic carbocycles. The Morgan fingerprint density at radius 1 is 1.23 bits per heavy atom. The zero-order chi connectivity index (χ0) is 10.5. The Balaban J connectivity index is 0. The summed E-state index contributed by atoms with van der Waals surface area (Å²) in [6.07, 6.45) is 6.23. The van der Waals surface area contributed by atoms with Crippen LogP contribution < -0.4 is 0 Å². The molecule has 0 amide bonds. The van der Waals surface area contributed by atoms with Crippen LogP contribution >= 0.6 is 0 Å². The predicted molar refractivity (Wildman–Crippen MR) is 56.6 cm³/mol. The van der Waals surface area contributed by atoms with Crippen LogP contribution in [0.3, 0.4) is 0 Å². The molecule has 0 aromatic carbocycles. The first-order valence-corrected chi connectivity index (χ1v) is 5.11. The van der Waals surface area contributed by atoms with E-state index in [0.29, 0.717) is 13.0 Å². The van der Waals surface area contributed by atoms with E-state index in [-0.39, 0.29) is 5.97 Å². The van der Waals surface area contributed by atoms with Gasteiger partial charge in [0.2, 0.25) is 0 Å². The van der Waals surface area contributed by atoms with Crippen LogP contribution in [0.25, 0.3) is 0 Å². The van der Waals surface area contributed by atoms with E-state index in [1.165, 1.54) is 0 Å². The maximum atomic E-state index is 10.8. The highest BCUT2D eigenvalue weighted by atomic mass is 16.5. The molecule has 0 bridgehead atoms. The van der Waals surface area contributed by atoms with Gasteiger partial charge in [-0.3, -0.25) is 4.79 Å². The molecule has 0 aromatic heterocycles. The van der Waals surface area contributed by atoms with Gasteiger partial charge in [0, 0.05) is 6.42 Å². The van der Waals surface area contributed by atoms with Gasteiger partial charge in [-0.15, -0.1) is 0 Å². The van der Waals surface area contributed by atoms with Crippen molar-refractivity contribution in [2.24, 2.45) is 0 Å². The molecule has 0 spiro atoms. The van der Waals surface area contributed by atoms with E-state index < -0.39 is 0 Å². The minimum absolute atomic E-state index is 0.103. The monoisotopic (exact) mass is 186 g/mol. The second kappa shape index (κ2) is 13.8. The fourth-order valence-electron chi connectivity index (χ4n) is 0.652. The van der Waals surface area contributed by atoms with Crippen LogP contribution in [-0.4, -0.2) is 12.6 Å². The first-order chi connectivity index (χ1) is 6.31. The van der Waals surface area contributed by atoms with Crippen molar-refractivity contribution in [2.75, 3.05) is 6.61 Å². The molecular formula is C11H22O2. The van der Waals surface area contributed by atoms with E-state index in [9.17, 15) is 4.79 Å².